The number of carbonyl (C=O) groups is 1. The van der Waals surface area contributed by atoms with Crippen molar-refractivity contribution < 1.29 is 21.6 Å². The molecular formula is C27H22Cl3N3O5S2. The van der Waals surface area contributed by atoms with Gasteiger partial charge in [-0.3, -0.25) is 14.2 Å². The fourth-order valence-corrected chi connectivity index (χ4v) is 6.85. The maximum absolute atomic E-state index is 13.1. The molecule has 1 amide bonds. The van der Waals surface area contributed by atoms with E-state index in [0.717, 1.165) is 11.1 Å². The van der Waals surface area contributed by atoms with Gasteiger partial charge >= 0.3 is 0 Å². The number of halogens is 3. The Morgan fingerprint density at radius 3 is 2.05 bits per heavy atom. The predicted molar refractivity (Wildman–Crippen MR) is 160 cm³/mol. The van der Waals surface area contributed by atoms with Crippen LogP contribution in [0.3, 0.4) is 0 Å². The third-order valence-corrected chi connectivity index (χ3v) is 9.71. The Morgan fingerprint density at radius 1 is 0.700 bits per heavy atom. The number of carbonyl (C=O) groups excluding carboxylic acids is 1. The van der Waals surface area contributed by atoms with Gasteiger partial charge < -0.3 is 5.32 Å². The Balaban J connectivity index is 1.51. The van der Waals surface area contributed by atoms with Crippen LogP contribution in [0.2, 0.25) is 15.1 Å². The van der Waals surface area contributed by atoms with E-state index in [2.05, 4.69) is 14.8 Å². The fraction of sp³-hybridized carbons (Fsp3) is 0.0741. The molecule has 0 aliphatic heterocycles. The standard InChI is InChI=1S/C27H22Cl3N3O5S2/c1-16-4-3-5-24(17(16)2)32-40(37,38)26-14-18(6-12-22(26)29)27(34)31-20-8-10-21(11-9-20)39(35,36)33-25-13-7-19(28)15-23(25)30/h3-15,32-33H,1-2H3,(H,31,34). The highest BCUT2D eigenvalue weighted by molar-refractivity contribution is 7.93. The van der Waals surface area contributed by atoms with Crippen molar-refractivity contribution >= 4 is 77.8 Å². The van der Waals surface area contributed by atoms with Gasteiger partial charge in [0, 0.05) is 16.3 Å². The second-order valence-electron chi connectivity index (χ2n) is 8.71. The zero-order valence-electron chi connectivity index (χ0n) is 21.0. The van der Waals surface area contributed by atoms with Crippen molar-refractivity contribution in [2.45, 2.75) is 23.6 Å². The summed E-state index contributed by atoms with van der Waals surface area (Å²) in [6, 6.07) is 18.8. The van der Waals surface area contributed by atoms with E-state index in [9.17, 15) is 21.6 Å². The van der Waals surface area contributed by atoms with Crippen LogP contribution in [0.15, 0.2) is 88.7 Å². The average Bonchev–Trinajstić information content (AvgIpc) is 2.89. The predicted octanol–water partition coefficient (Wildman–Crippen LogP) is 7.12. The zero-order chi connectivity index (χ0) is 29.2. The summed E-state index contributed by atoms with van der Waals surface area (Å²) in [5, 5.41) is 3.05. The number of benzene rings is 4. The maximum atomic E-state index is 13.1. The molecule has 0 atom stereocenters. The van der Waals surface area contributed by atoms with Crippen LogP contribution in [0.25, 0.3) is 0 Å². The third-order valence-electron chi connectivity index (χ3n) is 5.93. The van der Waals surface area contributed by atoms with Gasteiger partial charge in [-0.05, 0) is 91.7 Å². The van der Waals surface area contributed by atoms with Crippen LogP contribution in [0.4, 0.5) is 17.1 Å². The number of sulfonamides is 2. The molecule has 4 aromatic carbocycles. The molecule has 13 heteroatoms. The lowest BCUT2D eigenvalue weighted by Gasteiger charge is -2.14. The quantitative estimate of drug-likeness (QED) is 0.190. The van der Waals surface area contributed by atoms with Crippen LogP contribution in [0, 0.1) is 13.8 Å². The highest BCUT2D eigenvalue weighted by Crippen LogP contribution is 2.29. The van der Waals surface area contributed by atoms with Gasteiger partial charge in [-0.15, -0.1) is 0 Å². The summed E-state index contributed by atoms with van der Waals surface area (Å²) in [7, 11) is -8.10. The number of hydrogen-bond acceptors (Lipinski definition) is 5. The second kappa shape index (κ2) is 11.7. The number of anilines is 3. The molecular weight excluding hydrogens is 617 g/mol. The molecule has 0 spiro atoms. The van der Waals surface area contributed by atoms with Gasteiger partial charge in [0.05, 0.1) is 26.3 Å². The van der Waals surface area contributed by atoms with Crippen LogP contribution in [0.1, 0.15) is 21.5 Å². The number of amides is 1. The lowest BCUT2D eigenvalue weighted by molar-refractivity contribution is 0.102. The van der Waals surface area contributed by atoms with E-state index in [1.807, 2.05) is 13.0 Å². The molecule has 0 aliphatic rings. The summed E-state index contributed by atoms with van der Waals surface area (Å²) in [5.74, 6) is -0.624. The van der Waals surface area contributed by atoms with Crippen molar-refractivity contribution in [2.75, 3.05) is 14.8 Å². The Hall–Kier alpha value is -3.28. The number of aryl methyl sites for hydroxylation is 1. The highest BCUT2D eigenvalue weighted by atomic mass is 35.5. The zero-order valence-corrected chi connectivity index (χ0v) is 24.9. The largest absolute Gasteiger partial charge is 0.322 e. The molecule has 3 N–H and O–H groups in total. The van der Waals surface area contributed by atoms with Gasteiger partial charge in [0.2, 0.25) is 0 Å². The van der Waals surface area contributed by atoms with Gasteiger partial charge in [0.1, 0.15) is 4.90 Å². The average molecular weight is 639 g/mol. The summed E-state index contributed by atoms with van der Waals surface area (Å²) in [6.07, 6.45) is 0. The molecule has 8 nitrogen and oxygen atoms in total. The van der Waals surface area contributed by atoms with E-state index in [1.54, 1.807) is 19.1 Å². The molecule has 0 aromatic heterocycles. The number of nitrogens with one attached hydrogen (secondary N) is 3. The molecule has 0 saturated heterocycles. The fourth-order valence-electron chi connectivity index (χ4n) is 3.61. The topological polar surface area (TPSA) is 121 Å². The molecule has 0 radical (unpaired) electrons. The third kappa shape index (κ3) is 6.71. The lowest BCUT2D eigenvalue weighted by atomic mass is 10.1. The molecule has 0 unspecified atom stereocenters. The summed E-state index contributed by atoms with van der Waals surface area (Å²) in [5.41, 5.74) is 2.52. The molecule has 4 rings (SSSR count). The smallest absolute Gasteiger partial charge is 0.263 e. The normalized spacial score (nSPS) is 11.6. The van der Waals surface area contributed by atoms with Gasteiger partial charge in [0.25, 0.3) is 26.0 Å². The van der Waals surface area contributed by atoms with Crippen LogP contribution in [-0.4, -0.2) is 22.7 Å². The van der Waals surface area contributed by atoms with Crippen molar-refractivity contribution in [3.05, 3.63) is 111 Å². The van der Waals surface area contributed by atoms with E-state index < -0.39 is 26.0 Å². The van der Waals surface area contributed by atoms with Crippen LogP contribution in [-0.2, 0) is 20.0 Å². The Labute approximate surface area is 247 Å². The van der Waals surface area contributed by atoms with Crippen molar-refractivity contribution in [3.63, 3.8) is 0 Å². The number of hydrogen-bond donors (Lipinski definition) is 3. The summed E-state index contributed by atoms with van der Waals surface area (Å²) in [6.45, 7) is 3.65. The molecule has 0 saturated carbocycles. The van der Waals surface area contributed by atoms with Crippen LogP contribution < -0.4 is 14.8 Å². The maximum Gasteiger partial charge on any atom is 0.263 e. The van der Waals surface area contributed by atoms with Crippen molar-refractivity contribution in [2.24, 2.45) is 0 Å². The molecule has 4 aromatic rings. The van der Waals surface area contributed by atoms with Gasteiger partial charge in [-0.1, -0.05) is 46.9 Å². The minimum absolute atomic E-state index is 0.0292. The van der Waals surface area contributed by atoms with E-state index in [0.29, 0.717) is 10.7 Å². The molecule has 0 bridgehead atoms. The van der Waals surface area contributed by atoms with Gasteiger partial charge in [-0.25, -0.2) is 16.8 Å². The highest BCUT2D eigenvalue weighted by Gasteiger charge is 2.22. The van der Waals surface area contributed by atoms with E-state index in [1.165, 1.54) is 60.7 Å². The lowest BCUT2D eigenvalue weighted by Crippen LogP contribution is -2.17. The van der Waals surface area contributed by atoms with Gasteiger partial charge in [0.15, 0.2) is 0 Å². The van der Waals surface area contributed by atoms with Crippen LogP contribution in [0.5, 0.6) is 0 Å². The van der Waals surface area contributed by atoms with E-state index >= 15 is 0 Å². The van der Waals surface area contributed by atoms with E-state index in [-0.39, 0.29) is 36.8 Å². The van der Waals surface area contributed by atoms with Crippen LogP contribution >= 0.6 is 34.8 Å². The monoisotopic (exact) mass is 637 g/mol. The molecule has 208 valence electrons. The first-order valence-corrected chi connectivity index (χ1v) is 15.6. The Kier molecular flexibility index (Phi) is 8.67. The first-order valence-electron chi connectivity index (χ1n) is 11.5. The van der Waals surface area contributed by atoms with Crippen molar-refractivity contribution in [3.8, 4) is 0 Å². The number of rotatable bonds is 8. The first kappa shape index (κ1) is 29.7. The second-order valence-corrected chi connectivity index (χ2v) is 13.3. The molecule has 40 heavy (non-hydrogen) atoms. The van der Waals surface area contributed by atoms with Crippen molar-refractivity contribution in [1.29, 1.82) is 0 Å². The Bertz CT molecular complexity index is 1830. The SMILES string of the molecule is Cc1cccc(NS(=O)(=O)c2cc(C(=O)Nc3ccc(S(=O)(=O)Nc4ccc(Cl)cc4Cl)cc3)ccc2Cl)c1C. The molecule has 0 fully saturated rings. The van der Waals surface area contributed by atoms with E-state index in [4.69, 9.17) is 34.8 Å². The molecule has 0 heterocycles. The first-order chi connectivity index (χ1) is 18.8. The summed E-state index contributed by atoms with van der Waals surface area (Å²) >= 11 is 18.1. The Morgan fingerprint density at radius 2 is 1.38 bits per heavy atom. The molecule has 0 aliphatic carbocycles. The summed E-state index contributed by atoms with van der Waals surface area (Å²) in [4.78, 5) is 12.6. The summed E-state index contributed by atoms with van der Waals surface area (Å²) < 4.78 is 56.7. The minimum Gasteiger partial charge on any atom is -0.322 e. The van der Waals surface area contributed by atoms with Gasteiger partial charge in [-0.2, -0.15) is 0 Å². The minimum atomic E-state index is -4.12. The van der Waals surface area contributed by atoms with Crippen molar-refractivity contribution in [1.82, 2.24) is 0 Å².